The van der Waals surface area contributed by atoms with E-state index in [-0.39, 0.29) is 17.7 Å². The highest BCUT2D eigenvalue weighted by Crippen LogP contribution is 2.29. The number of carbonyl (C=O) groups excluding carboxylic acids is 2. The van der Waals surface area contributed by atoms with E-state index in [4.69, 9.17) is 0 Å². The predicted molar refractivity (Wildman–Crippen MR) is 102 cm³/mol. The number of anilines is 1. The Kier molecular flexibility index (Phi) is 4.98. The zero-order valence-corrected chi connectivity index (χ0v) is 15.6. The number of likely N-dealkylation sites (tertiary alicyclic amines) is 1. The normalized spacial score (nSPS) is 24.3. The lowest BCUT2D eigenvalue weighted by molar-refractivity contribution is -0.136. The number of benzene rings is 1. The van der Waals surface area contributed by atoms with Gasteiger partial charge in [0.2, 0.25) is 11.8 Å². The number of nitrogens with one attached hydrogen (secondary N) is 1. The number of nitrogens with zero attached hydrogens (tertiary/aromatic N) is 2. The van der Waals surface area contributed by atoms with Crippen molar-refractivity contribution in [3.05, 3.63) is 29.8 Å². The van der Waals surface area contributed by atoms with Crippen molar-refractivity contribution in [2.75, 3.05) is 31.1 Å². The third kappa shape index (κ3) is 3.93. The molecule has 0 radical (unpaired) electrons. The molecule has 3 aliphatic rings. The average molecular weight is 355 g/mol. The molecule has 2 saturated heterocycles. The average Bonchev–Trinajstić information content (AvgIpc) is 3.41. The standard InChI is InChI=1S/C21H29N3O2/c1-15-2-6-19(7-3-15)24-14-17(12-20(24)25)21(26)23-10-8-18(9-11-23)22-13-16-4-5-16/h2-3,6-7,16-18,22H,4-5,8-14H2,1H3. The molecule has 1 aromatic carbocycles. The second kappa shape index (κ2) is 7.39. The van der Waals surface area contributed by atoms with E-state index < -0.39 is 0 Å². The van der Waals surface area contributed by atoms with Crippen molar-refractivity contribution >= 4 is 17.5 Å². The third-order valence-electron chi connectivity index (χ3n) is 6.02. The first-order valence-corrected chi connectivity index (χ1v) is 9.99. The Morgan fingerprint density at radius 3 is 2.46 bits per heavy atom. The van der Waals surface area contributed by atoms with Crippen LogP contribution in [0, 0.1) is 18.8 Å². The Morgan fingerprint density at radius 1 is 1.12 bits per heavy atom. The Hall–Kier alpha value is -1.88. The van der Waals surface area contributed by atoms with Crippen molar-refractivity contribution < 1.29 is 9.59 Å². The van der Waals surface area contributed by atoms with E-state index in [1.165, 1.54) is 18.4 Å². The molecule has 0 spiro atoms. The fourth-order valence-corrected chi connectivity index (χ4v) is 4.06. The maximum atomic E-state index is 12.9. The van der Waals surface area contributed by atoms with E-state index in [1.807, 2.05) is 36.1 Å². The summed E-state index contributed by atoms with van der Waals surface area (Å²) in [5, 5.41) is 3.65. The molecule has 2 amide bonds. The Labute approximate surface area is 155 Å². The summed E-state index contributed by atoms with van der Waals surface area (Å²) in [6.07, 6.45) is 5.14. The van der Waals surface area contributed by atoms with Gasteiger partial charge in [-0.05, 0) is 57.2 Å². The minimum absolute atomic E-state index is 0.0631. The topological polar surface area (TPSA) is 52.7 Å². The highest BCUT2D eigenvalue weighted by Gasteiger charge is 2.38. The molecule has 5 heteroatoms. The molecule has 1 aliphatic carbocycles. The lowest BCUT2D eigenvalue weighted by Gasteiger charge is -2.34. The van der Waals surface area contributed by atoms with Crippen molar-refractivity contribution in [2.24, 2.45) is 11.8 Å². The van der Waals surface area contributed by atoms with Gasteiger partial charge >= 0.3 is 0 Å². The first-order valence-electron chi connectivity index (χ1n) is 9.99. The van der Waals surface area contributed by atoms with Crippen molar-refractivity contribution in [3.8, 4) is 0 Å². The van der Waals surface area contributed by atoms with Crippen LogP contribution in [0.1, 0.15) is 37.7 Å². The van der Waals surface area contributed by atoms with E-state index in [9.17, 15) is 9.59 Å². The highest BCUT2D eigenvalue weighted by molar-refractivity contribution is 6.00. The molecule has 0 bridgehead atoms. The third-order valence-corrected chi connectivity index (χ3v) is 6.02. The van der Waals surface area contributed by atoms with Gasteiger partial charge in [0.1, 0.15) is 0 Å². The molecule has 1 unspecified atom stereocenters. The molecule has 4 rings (SSSR count). The Morgan fingerprint density at radius 2 is 1.81 bits per heavy atom. The van der Waals surface area contributed by atoms with Crippen LogP contribution in [0.3, 0.4) is 0 Å². The first-order chi connectivity index (χ1) is 12.6. The number of aryl methyl sites for hydroxylation is 1. The van der Waals surface area contributed by atoms with Gasteiger partial charge in [-0.2, -0.15) is 0 Å². The van der Waals surface area contributed by atoms with Crippen LogP contribution in [0.2, 0.25) is 0 Å². The molecule has 140 valence electrons. The van der Waals surface area contributed by atoms with Crippen molar-refractivity contribution in [1.29, 1.82) is 0 Å². The Bertz CT molecular complexity index is 660. The van der Waals surface area contributed by atoms with Gasteiger partial charge in [-0.3, -0.25) is 9.59 Å². The van der Waals surface area contributed by atoms with Crippen LogP contribution in [0.4, 0.5) is 5.69 Å². The van der Waals surface area contributed by atoms with Crippen LogP contribution in [-0.2, 0) is 9.59 Å². The van der Waals surface area contributed by atoms with Crippen molar-refractivity contribution in [1.82, 2.24) is 10.2 Å². The van der Waals surface area contributed by atoms with Crippen LogP contribution in [0.5, 0.6) is 0 Å². The van der Waals surface area contributed by atoms with E-state index in [1.54, 1.807) is 4.90 Å². The monoisotopic (exact) mass is 355 g/mol. The fourth-order valence-electron chi connectivity index (χ4n) is 4.06. The smallest absolute Gasteiger partial charge is 0.228 e. The molecule has 1 atom stereocenters. The van der Waals surface area contributed by atoms with Crippen LogP contribution < -0.4 is 10.2 Å². The maximum Gasteiger partial charge on any atom is 0.228 e. The summed E-state index contributed by atoms with van der Waals surface area (Å²) < 4.78 is 0. The molecule has 5 nitrogen and oxygen atoms in total. The number of amides is 2. The number of hydrogen-bond donors (Lipinski definition) is 1. The number of hydrogen-bond acceptors (Lipinski definition) is 3. The Balaban J connectivity index is 1.29. The van der Waals surface area contributed by atoms with Crippen molar-refractivity contribution in [3.63, 3.8) is 0 Å². The van der Waals surface area contributed by atoms with Crippen LogP contribution in [0.25, 0.3) is 0 Å². The second-order valence-corrected chi connectivity index (χ2v) is 8.19. The van der Waals surface area contributed by atoms with E-state index in [0.29, 0.717) is 19.0 Å². The lowest BCUT2D eigenvalue weighted by Crippen LogP contribution is -2.47. The lowest BCUT2D eigenvalue weighted by atomic mass is 10.0. The molecule has 1 N–H and O–H groups in total. The summed E-state index contributed by atoms with van der Waals surface area (Å²) >= 11 is 0. The number of rotatable bonds is 5. The SMILES string of the molecule is Cc1ccc(N2CC(C(=O)N3CCC(NCC4CC4)CC3)CC2=O)cc1. The minimum atomic E-state index is -0.195. The predicted octanol–water partition coefficient (Wildman–Crippen LogP) is 2.34. The van der Waals surface area contributed by atoms with Gasteiger partial charge in [0.15, 0.2) is 0 Å². The largest absolute Gasteiger partial charge is 0.342 e. The number of carbonyl (C=O) groups is 2. The van der Waals surface area contributed by atoms with Gasteiger partial charge in [0.05, 0.1) is 5.92 Å². The molecule has 1 saturated carbocycles. The number of piperidine rings is 1. The minimum Gasteiger partial charge on any atom is -0.342 e. The molecule has 3 fully saturated rings. The van der Waals surface area contributed by atoms with Gasteiger partial charge < -0.3 is 15.1 Å². The van der Waals surface area contributed by atoms with Gasteiger partial charge in [-0.25, -0.2) is 0 Å². The van der Waals surface area contributed by atoms with Gasteiger partial charge in [-0.1, -0.05) is 17.7 Å². The quantitative estimate of drug-likeness (QED) is 0.882. The van der Waals surface area contributed by atoms with E-state index in [0.717, 1.165) is 44.1 Å². The van der Waals surface area contributed by atoms with Gasteiger partial charge in [0, 0.05) is 37.8 Å². The van der Waals surface area contributed by atoms with Crippen LogP contribution >= 0.6 is 0 Å². The second-order valence-electron chi connectivity index (χ2n) is 8.19. The van der Waals surface area contributed by atoms with E-state index >= 15 is 0 Å². The zero-order chi connectivity index (χ0) is 18.1. The van der Waals surface area contributed by atoms with E-state index in [2.05, 4.69) is 5.32 Å². The summed E-state index contributed by atoms with van der Waals surface area (Å²) in [6, 6.07) is 8.51. The van der Waals surface area contributed by atoms with Crippen molar-refractivity contribution in [2.45, 2.75) is 45.1 Å². The molecular weight excluding hydrogens is 326 g/mol. The molecule has 1 aromatic rings. The summed E-state index contributed by atoms with van der Waals surface area (Å²) in [6.45, 7) is 5.32. The molecule has 2 aliphatic heterocycles. The van der Waals surface area contributed by atoms with Crippen LogP contribution in [0.15, 0.2) is 24.3 Å². The van der Waals surface area contributed by atoms with Gasteiger partial charge in [0.25, 0.3) is 0 Å². The summed E-state index contributed by atoms with van der Waals surface area (Å²) in [5.41, 5.74) is 2.07. The highest BCUT2D eigenvalue weighted by atomic mass is 16.2. The van der Waals surface area contributed by atoms with Crippen LogP contribution in [-0.4, -0.2) is 48.9 Å². The summed E-state index contributed by atoms with van der Waals surface area (Å²) in [5.74, 6) is 0.925. The summed E-state index contributed by atoms with van der Waals surface area (Å²) in [4.78, 5) is 29.0. The maximum absolute atomic E-state index is 12.9. The molecular formula is C21H29N3O2. The molecule has 0 aromatic heterocycles. The zero-order valence-electron chi connectivity index (χ0n) is 15.6. The summed E-state index contributed by atoms with van der Waals surface area (Å²) in [7, 11) is 0. The first kappa shape index (κ1) is 17.5. The van der Waals surface area contributed by atoms with Gasteiger partial charge in [-0.15, -0.1) is 0 Å². The molecule has 26 heavy (non-hydrogen) atoms. The fraction of sp³-hybridized carbons (Fsp3) is 0.619. The molecule has 2 heterocycles.